The molecule has 1 aliphatic rings. The van der Waals surface area contributed by atoms with Gasteiger partial charge in [-0.15, -0.1) is 10.2 Å². The zero-order valence-corrected chi connectivity index (χ0v) is 12.4. The summed E-state index contributed by atoms with van der Waals surface area (Å²) in [6, 6.07) is 5.65. The number of benzene rings is 1. The molecule has 1 aliphatic heterocycles. The second-order valence-corrected chi connectivity index (χ2v) is 6.02. The van der Waals surface area contributed by atoms with Crippen molar-refractivity contribution in [3.63, 3.8) is 0 Å². The van der Waals surface area contributed by atoms with E-state index in [0.717, 1.165) is 36.8 Å². The van der Waals surface area contributed by atoms with E-state index in [1.165, 1.54) is 42.4 Å². The van der Waals surface area contributed by atoms with Crippen molar-refractivity contribution in [1.29, 1.82) is 0 Å². The van der Waals surface area contributed by atoms with Crippen molar-refractivity contribution in [3.05, 3.63) is 41.5 Å². The van der Waals surface area contributed by atoms with Crippen LogP contribution in [0.4, 0.5) is 4.39 Å². The lowest BCUT2D eigenvalue weighted by Gasteiger charge is -2.06. The molecule has 2 heterocycles. The van der Waals surface area contributed by atoms with Gasteiger partial charge in [0.2, 0.25) is 0 Å². The Labute approximate surface area is 126 Å². The molecule has 0 saturated heterocycles. The number of hydrogen-bond donors (Lipinski definition) is 0. The maximum Gasteiger partial charge on any atom is 0.191 e. The van der Waals surface area contributed by atoms with E-state index < -0.39 is 0 Å². The number of ketones is 1. The molecule has 1 aromatic heterocycles. The summed E-state index contributed by atoms with van der Waals surface area (Å²) in [5.41, 5.74) is 0.527. The van der Waals surface area contributed by atoms with Crippen LogP contribution in [-0.4, -0.2) is 26.3 Å². The number of aromatic nitrogens is 3. The van der Waals surface area contributed by atoms with Crippen LogP contribution in [0.5, 0.6) is 0 Å². The Morgan fingerprint density at radius 2 is 2.00 bits per heavy atom. The normalized spacial score (nSPS) is 14.5. The Kier molecular flexibility index (Phi) is 4.34. The molecule has 0 bridgehead atoms. The van der Waals surface area contributed by atoms with Gasteiger partial charge in [-0.1, -0.05) is 18.2 Å². The van der Waals surface area contributed by atoms with Crippen LogP contribution >= 0.6 is 11.8 Å². The third-order valence-electron chi connectivity index (χ3n) is 3.57. The molecule has 0 radical (unpaired) electrons. The Balaban J connectivity index is 1.66. The maximum absolute atomic E-state index is 12.8. The number of rotatable bonds is 4. The van der Waals surface area contributed by atoms with E-state index >= 15 is 0 Å². The largest absolute Gasteiger partial charge is 0.306 e. The summed E-state index contributed by atoms with van der Waals surface area (Å²) < 4.78 is 15.0. The van der Waals surface area contributed by atoms with Gasteiger partial charge < -0.3 is 4.57 Å². The van der Waals surface area contributed by atoms with E-state index in [1.807, 2.05) is 0 Å². The van der Waals surface area contributed by atoms with Gasteiger partial charge in [-0.2, -0.15) is 0 Å². The lowest BCUT2D eigenvalue weighted by atomic mass is 10.1. The van der Waals surface area contributed by atoms with Crippen molar-refractivity contribution in [2.24, 2.45) is 0 Å². The van der Waals surface area contributed by atoms with Gasteiger partial charge in [0.1, 0.15) is 11.6 Å². The number of hydrogen-bond acceptors (Lipinski definition) is 4. The van der Waals surface area contributed by atoms with Crippen LogP contribution in [0.1, 0.15) is 35.4 Å². The molecule has 0 aliphatic carbocycles. The van der Waals surface area contributed by atoms with E-state index in [4.69, 9.17) is 0 Å². The molecular formula is C15H16FN3OS. The quantitative estimate of drug-likeness (QED) is 0.643. The molecule has 6 heteroatoms. The molecule has 2 aromatic rings. The number of nitrogens with zero attached hydrogens (tertiary/aromatic N) is 3. The molecule has 4 nitrogen and oxygen atoms in total. The molecule has 0 saturated carbocycles. The molecular weight excluding hydrogens is 289 g/mol. The van der Waals surface area contributed by atoms with E-state index in [1.54, 1.807) is 0 Å². The van der Waals surface area contributed by atoms with Gasteiger partial charge >= 0.3 is 0 Å². The van der Waals surface area contributed by atoms with E-state index in [0.29, 0.717) is 11.3 Å². The molecule has 0 amide bonds. The third kappa shape index (κ3) is 3.32. The van der Waals surface area contributed by atoms with Crippen LogP contribution in [0.15, 0.2) is 29.4 Å². The van der Waals surface area contributed by atoms with Crippen LogP contribution in [0.3, 0.4) is 0 Å². The number of carbonyl (C=O) groups is 1. The Morgan fingerprint density at radius 3 is 2.81 bits per heavy atom. The van der Waals surface area contributed by atoms with E-state index in [9.17, 15) is 9.18 Å². The number of aryl methyl sites for hydroxylation is 1. The first-order valence-corrected chi connectivity index (χ1v) is 8.06. The molecule has 0 N–H and O–H groups in total. The summed E-state index contributed by atoms with van der Waals surface area (Å²) in [7, 11) is 0. The number of fused-ring (bicyclic) bond motifs is 1. The highest BCUT2D eigenvalue weighted by molar-refractivity contribution is 7.99. The fraction of sp³-hybridized carbons (Fsp3) is 0.400. The van der Waals surface area contributed by atoms with Crippen molar-refractivity contribution in [2.75, 3.05) is 5.75 Å². The van der Waals surface area contributed by atoms with Crippen LogP contribution in [0.25, 0.3) is 0 Å². The van der Waals surface area contributed by atoms with Gasteiger partial charge in [-0.05, 0) is 37.1 Å². The lowest BCUT2D eigenvalue weighted by Crippen LogP contribution is -2.06. The summed E-state index contributed by atoms with van der Waals surface area (Å²) in [6.45, 7) is 0.926. The summed E-state index contributed by atoms with van der Waals surface area (Å²) in [4.78, 5) is 12.1. The minimum atomic E-state index is -0.332. The highest BCUT2D eigenvalue weighted by Gasteiger charge is 2.16. The van der Waals surface area contributed by atoms with Crippen molar-refractivity contribution in [1.82, 2.24) is 14.8 Å². The zero-order chi connectivity index (χ0) is 14.7. The number of thioether (sulfide) groups is 1. The van der Waals surface area contributed by atoms with Gasteiger partial charge in [0.15, 0.2) is 10.9 Å². The SMILES string of the molecule is O=C(CSc1nnc2n1CCCCC2)c1ccc(F)cc1. The molecule has 0 fully saturated rings. The maximum atomic E-state index is 12.8. The fourth-order valence-electron chi connectivity index (χ4n) is 2.41. The lowest BCUT2D eigenvalue weighted by molar-refractivity contribution is 0.102. The number of carbonyl (C=O) groups excluding carboxylic acids is 1. The highest BCUT2D eigenvalue weighted by Crippen LogP contribution is 2.22. The molecule has 0 spiro atoms. The van der Waals surface area contributed by atoms with Crippen molar-refractivity contribution < 1.29 is 9.18 Å². The van der Waals surface area contributed by atoms with Crippen LogP contribution < -0.4 is 0 Å². The predicted molar refractivity (Wildman–Crippen MR) is 79.0 cm³/mol. The summed E-state index contributed by atoms with van der Waals surface area (Å²) >= 11 is 1.40. The topological polar surface area (TPSA) is 47.8 Å². The van der Waals surface area contributed by atoms with Crippen LogP contribution in [0.2, 0.25) is 0 Å². The van der Waals surface area contributed by atoms with Gasteiger partial charge in [0, 0.05) is 18.5 Å². The van der Waals surface area contributed by atoms with Crippen molar-refractivity contribution in [3.8, 4) is 0 Å². The van der Waals surface area contributed by atoms with E-state index in [2.05, 4.69) is 14.8 Å². The Bertz CT molecular complexity index is 639. The van der Waals surface area contributed by atoms with Gasteiger partial charge in [0.05, 0.1) is 5.75 Å². The monoisotopic (exact) mass is 305 g/mol. The third-order valence-corrected chi connectivity index (χ3v) is 4.54. The van der Waals surface area contributed by atoms with Crippen LogP contribution in [-0.2, 0) is 13.0 Å². The molecule has 1 aromatic carbocycles. The van der Waals surface area contributed by atoms with Crippen molar-refractivity contribution >= 4 is 17.5 Å². The summed E-state index contributed by atoms with van der Waals surface area (Å²) in [5, 5.41) is 9.20. The van der Waals surface area contributed by atoms with Gasteiger partial charge in [-0.3, -0.25) is 4.79 Å². The Morgan fingerprint density at radius 1 is 1.19 bits per heavy atom. The molecule has 21 heavy (non-hydrogen) atoms. The minimum absolute atomic E-state index is 0.0222. The second-order valence-electron chi connectivity index (χ2n) is 5.08. The molecule has 0 atom stereocenters. The second kappa shape index (κ2) is 6.39. The predicted octanol–water partition coefficient (Wildman–Crippen LogP) is 3.12. The first-order chi connectivity index (χ1) is 10.2. The summed E-state index contributed by atoms with van der Waals surface area (Å²) in [6.07, 6.45) is 4.45. The van der Waals surface area contributed by atoms with Crippen molar-refractivity contribution in [2.45, 2.75) is 37.4 Å². The fourth-order valence-corrected chi connectivity index (χ4v) is 3.29. The van der Waals surface area contributed by atoms with E-state index in [-0.39, 0.29) is 11.6 Å². The smallest absolute Gasteiger partial charge is 0.191 e. The van der Waals surface area contributed by atoms with Crippen LogP contribution in [0, 0.1) is 5.82 Å². The molecule has 3 rings (SSSR count). The van der Waals surface area contributed by atoms with Gasteiger partial charge in [0.25, 0.3) is 0 Å². The number of halogens is 1. The highest BCUT2D eigenvalue weighted by atomic mass is 32.2. The molecule has 110 valence electrons. The first kappa shape index (κ1) is 14.3. The Hall–Kier alpha value is -1.69. The first-order valence-electron chi connectivity index (χ1n) is 7.08. The average Bonchev–Trinajstić information content (AvgIpc) is 2.72. The average molecular weight is 305 g/mol. The standard InChI is InChI=1S/C15H16FN3OS/c16-12-7-5-11(6-8-12)13(20)10-21-15-18-17-14-4-2-1-3-9-19(14)15/h5-8H,1-4,9-10H2. The number of Topliss-reactive ketones (excluding diaryl/α,β-unsaturated/α-hetero) is 1. The summed E-state index contributed by atoms with van der Waals surface area (Å²) in [5.74, 6) is 0.959. The zero-order valence-electron chi connectivity index (χ0n) is 11.6. The van der Waals surface area contributed by atoms with Gasteiger partial charge in [-0.25, -0.2) is 4.39 Å². The molecule has 0 unspecified atom stereocenters. The minimum Gasteiger partial charge on any atom is -0.306 e.